The Morgan fingerprint density at radius 1 is 1.32 bits per heavy atom. The third kappa shape index (κ3) is 3.87. The van der Waals surface area contributed by atoms with E-state index in [-0.39, 0.29) is 11.4 Å². The Labute approximate surface area is 146 Å². The number of amides is 1. The number of thioether (sulfide) groups is 1. The predicted molar refractivity (Wildman–Crippen MR) is 89.1 cm³/mol. The SMILES string of the molecule is CCn1c(SCC(=O)Nc2cc(F)ccc2F)nnc1-c1ccco1. The Kier molecular flexibility index (Phi) is 5.13. The maximum absolute atomic E-state index is 13.5. The fourth-order valence-electron chi connectivity index (χ4n) is 2.18. The first kappa shape index (κ1) is 17.2. The molecule has 0 aliphatic rings. The Morgan fingerprint density at radius 3 is 2.88 bits per heavy atom. The number of carbonyl (C=O) groups excluding carboxylic acids is 1. The lowest BCUT2D eigenvalue weighted by atomic mass is 10.3. The van der Waals surface area contributed by atoms with Crippen LogP contribution in [0.1, 0.15) is 6.92 Å². The molecule has 0 unspecified atom stereocenters. The zero-order chi connectivity index (χ0) is 17.8. The van der Waals surface area contributed by atoms with E-state index in [0.717, 1.165) is 30.0 Å². The van der Waals surface area contributed by atoms with Crippen molar-refractivity contribution in [2.75, 3.05) is 11.1 Å². The number of benzene rings is 1. The zero-order valence-corrected chi connectivity index (χ0v) is 14.0. The molecule has 0 bridgehead atoms. The van der Waals surface area contributed by atoms with E-state index < -0.39 is 17.5 Å². The van der Waals surface area contributed by atoms with Gasteiger partial charge in [0.15, 0.2) is 16.7 Å². The lowest BCUT2D eigenvalue weighted by Crippen LogP contribution is -2.15. The number of halogens is 2. The summed E-state index contributed by atoms with van der Waals surface area (Å²) in [4.78, 5) is 12.0. The number of nitrogens with zero attached hydrogens (tertiary/aromatic N) is 3. The minimum atomic E-state index is -0.698. The van der Waals surface area contributed by atoms with E-state index in [1.54, 1.807) is 16.7 Å². The van der Waals surface area contributed by atoms with Crippen molar-refractivity contribution < 1.29 is 18.0 Å². The van der Waals surface area contributed by atoms with Crippen LogP contribution in [0.2, 0.25) is 0 Å². The van der Waals surface area contributed by atoms with Crippen LogP contribution in [0, 0.1) is 11.6 Å². The minimum Gasteiger partial charge on any atom is -0.461 e. The van der Waals surface area contributed by atoms with Crippen LogP contribution < -0.4 is 5.32 Å². The molecule has 1 N–H and O–H groups in total. The van der Waals surface area contributed by atoms with Gasteiger partial charge in [-0.25, -0.2) is 8.78 Å². The first-order valence-corrected chi connectivity index (χ1v) is 8.42. The number of nitrogens with one attached hydrogen (secondary N) is 1. The second-order valence-electron chi connectivity index (χ2n) is 4.99. The molecule has 6 nitrogen and oxygen atoms in total. The molecule has 25 heavy (non-hydrogen) atoms. The molecule has 0 spiro atoms. The molecule has 3 rings (SSSR count). The first-order valence-electron chi connectivity index (χ1n) is 7.43. The lowest BCUT2D eigenvalue weighted by Gasteiger charge is -2.07. The van der Waals surface area contributed by atoms with Crippen molar-refractivity contribution in [3.63, 3.8) is 0 Å². The molecule has 0 radical (unpaired) electrons. The van der Waals surface area contributed by atoms with Crippen LogP contribution >= 0.6 is 11.8 Å². The molecule has 0 saturated heterocycles. The predicted octanol–water partition coefficient (Wildman–Crippen LogP) is 3.57. The minimum absolute atomic E-state index is 0.0216. The molecule has 0 atom stereocenters. The topological polar surface area (TPSA) is 73.0 Å². The quantitative estimate of drug-likeness (QED) is 0.677. The van der Waals surface area contributed by atoms with Gasteiger partial charge in [-0.3, -0.25) is 9.36 Å². The molecule has 3 aromatic rings. The Morgan fingerprint density at radius 2 is 2.16 bits per heavy atom. The average molecular weight is 364 g/mol. The lowest BCUT2D eigenvalue weighted by molar-refractivity contribution is -0.113. The van der Waals surface area contributed by atoms with Crippen LogP contribution in [0.4, 0.5) is 14.5 Å². The van der Waals surface area contributed by atoms with Gasteiger partial charge in [0.1, 0.15) is 11.6 Å². The van der Waals surface area contributed by atoms with Gasteiger partial charge in [-0.15, -0.1) is 10.2 Å². The van der Waals surface area contributed by atoms with Crippen LogP contribution in [0.15, 0.2) is 46.2 Å². The monoisotopic (exact) mass is 364 g/mol. The van der Waals surface area contributed by atoms with Crippen LogP contribution in [-0.2, 0) is 11.3 Å². The number of anilines is 1. The van der Waals surface area contributed by atoms with E-state index in [1.807, 2.05) is 6.92 Å². The van der Waals surface area contributed by atoms with Crippen molar-refractivity contribution in [1.82, 2.24) is 14.8 Å². The molecule has 2 aromatic heterocycles. The molecule has 2 heterocycles. The highest BCUT2D eigenvalue weighted by atomic mass is 32.2. The fraction of sp³-hybridized carbons (Fsp3) is 0.188. The zero-order valence-electron chi connectivity index (χ0n) is 13.2. The maximum atomic E-state index is 13.5. The summed E-state index contributed by atoms with van der Waals surface area (Å²) >= 11 is 1.15. The molecule has 1 aromatic carbocycles. The number of rotatable bonds is 6. The molecule has 0 saturated carbocycles. The van der Waals surface area contributed by atoms with Crippen LogP contribution in [0.3, 0.4) is 0 Å². The molecular weight excluding hydrogens is 350 g/mol. The summed E-state index contributed by atoms with van der Waals surface area (Å²) in [6, 6.07) is 6.39. The van der Waals surface area contributed by atoms with E-state index in [9.17, 15) is 13.6 Å². The van der Waals surface area contributed by atoms with Crippen molar-refractivity contribution in [2.45, 2.75) is 18.6 Å². The summed E-state index contributed by atoms with van der Waals surface area (Å²) in [6.07, 6.45) is 1.54. The summed E-state index contributed by atoms with van der Waals surface area (Å²) in [6.45, 7) is 2.51. The van der Waals surface area contributed by atoms with Crippen molar-refractivity contribution in [3.05, 3.63) is 48.2 Å². The van der Waals surface area contributed by atoms with E-state index in [1.165, 1.54) is 6.26 Å². The Balaban J connectivity index is 1.67. The van der Waals surface area contributed by atoms with Gasteiger partial charge in [0, 0.05) is 12.6 Å². The highest BCUT2D eigenvalue weighted by molar-refractivity contribution is 7.99. The second kappa shape index (κ2) is 7.47. The summed E-state index contributed by atoms with van der Waals surface area (Å²) in [5.74, 6) is -0.680. The largest absolute Gasteiger partial charge is 0.461 e. The molecule has 130 valence electrons. The second-order valence-corrected chi connectivity index (χ2v) is 5.93. The highest BCUT2D eigenvalue weighted by Crippen LogP contribution is 2.24. The van der Waals surface area contributed by atoms with E-state index in [4.69, 9.17) is 4.42 Å². The molecule has 0 fully saturated rings. The van der Waals surface area contributed by atoms with Gasteiger partial charge < -0.3 is 9.73 Å². The normalized spacial score (nSPS) is 10.8. The summed E-state index contributed by atoms with van der Waals surface area (Å²) < 4.78 is 33.8. The number of hydrogen-bond donors (Lipinski definition) is 1. The Bertz CT molecular complexity index is 880. The van der Waals surface area contributed by atoms with E-state index in [2.05, 4.69) is 15.5 Å². The molecule has 0 aliphatic heterocycles. The summed E-state index contributed by atoms with van der Waals surface area (Å²) in [7, 11) is 0. The first-order chi connectivity index (χ1) is 12.1. The Hall–Kier alpha value is -2.68. The average Bonchev–Trinajstić information content (AvgIpc) is 3.24. The third-order valence-corrected chi connectivity index (χ3v) is 4.28. The number of carbonyl (C=O) groups is 1. The molecule has 1 amide bonds. The fourth-order valence-corrected chi connectivity index (χ4v) is 2.98. The summed E-state index contributed by atoms with van der Waals surface area (Å²) in [5.41, 5.74) is -0.196. The maximum Gasteiger partial charge on any atom is 0.234 e. The highest BCUT2D eigenvalue weighted by Gasteiger charge is 2.16. The van der Waals surface area contributed by atoms with Crippen LogP contribution in [0.5, 0.6) is 0 Å². The smallest absolute Gasteiger partial charge is 0.234 e. The number of furan rings is 1. The van der Waals surface area contributed by atoms with Gasteiger partial charge in [-0.05, 0) is 31.2 Å². The van der Waals surface area contributed by atoms with Gasteiger partial charge in [0.25, 0.3) is 0 Å². The van der Waals surface area contributed by atoms with Crippen molar-refractivity contribution >= 4 is 23.4 Å². The van der Waals surface area contributed by atoms with Crippen LogP contribution in [0.25, 0.3) is 11.6 Å². The third-order valence-electron chi connectivity index (χ3n) is 3.31. The van der Waals surface area contributed by atoms with Gasteiger partial charge in [0.2, 0.25) is 5.91 Å². The number of hydrogen-bond acceptors (Lipinski definition) is 5. The van der Waals surface area contributed by atoms with Crippen molar-refractivity contribution in [1.29, 1.82) is 0 Å². The van der Waals surface area contributed by atoms with Crippen LogP contribution in [-0.4, -0.2) is 26.4 Å². The van der Waals surface area contributed by atoms with Crippen molar-refractivity contribution in [3.8, 4) is 11.6 Å². The number of aromatic nitrogens is 3. The molecule has 9 heteroatoms. The molecular formula is C16H14F2N4O2S. The standard InChI is InChI=1S/C16H14F2N4O2S/c1-2-22-15(13-4-3-7-24-13)20-21-16(22)25-9-14(23)19-12-8-10(17)5-6-11(12)18/h3-8H,2,9H2,1H3,(H,19,23). The van der Waals surface area contributed by atoms with Gasteiger partial charge in [-0.1, -0.05) is 11.8 Å². The van der Waals surface area contributed by atoms with Crippen molar-refractivity contribution in [2.24, 2.45) is 0 Å². The van der Waals surface area contributed by atoms with Gasteiger partial charge in [0.05, 0.1) is 17.7 Å². The summed E-state index contributed by atoms with van der Waals surface area (Å²) in [5, 5.41) is 11.0. The van der Waals surface area contributed by atoms with E-state index in [0.29, 0.717) is 23.3 Å². The van der Waals surface area contributed by atoms with E-state index >= 15 is 0 Å². The van der Waals surface area contributed by atoms with Gasteiger partial charge in [-0.2, -0.15) is 0 Å². The molecule has 0 aliphatic carbocycles. The van der Waals surface area contributed by atoms with Gasteiger partial charge >= 0.3 is 0 Å².